The molecule has 1 aliphatic carbocycles. The monoisotopic (exact) mass is 418 g/mol. The summed E-state index contributed by atoms with van der Waals surface area (Å²) < 4.78 is 2.92. The SMILES string of the molecule is Cc1cc2c(cc1C)n(CC(O)CC(O)CO)c(=O)c(=O)n2CCC1CCCCC1. The molecule has 2 atom stereocenters. The van der Waals surface area contributed by atoms with Crippen molar-refractivity contribution in [1.82, 2.24) is 9.13 Å². The van der Waals surface area contributed by atoms with Crippen molar-refractivity contribution in [3.8, 4) is 0 Å². The van der Waals surface area contributed by atoms with Crippen molar-refractivity contribution in [3.63, 3.8) is 0 Å². The van der Waals surface area contributed by atoms with E-state index in [-0.39, 0.29) is 13.0 Å². The van der Waals surface area contributed by atoms with E-state index in [1.54, 1.807) is 4.57 Å². The van der Waals surface area contributed by atoms with Gasteiger partial charge in [-0.05, 0) is 49.4 Å². The highest BCUT2D eigenvalue weighted by molar-refractivity contribution is 5.77. The van der Waals surface area contributed by atoms with Crippen LogP contribution in [0.15, 0.2) is 21.7 Å². The first kappa shape index (κ1) is 22.7. The topological polar surface area (TPSA) is 105 Å². The lowest BCUT2D eigenvalue weighted by atomic mass is 9.87. The molecule has 30 heavy (non-hydrogen) atoms. The van der Waals surface area contributed by atoms with E-state index in [4.69, 9.17) is 5.11 Å². The Hall–Kier alpha value is -1.96. The van der Waals surface area contributed by atoms with Crippen LogP contribution in [0.3, 0.4) is 0 Å². The van der Waals surface area contributed by atoms with E-state index < -0.39 is 29.9 Å². The average molecular weight is 419 g/mol. The summed E-state index contributed by atoms with van der Waals surface area (Å²) in [6.07, 6.45) is 4.81. The van der Waals surface area contributed by atoms with E-state index >= 15 is 0 Å². The number of nitrogens with zero attached hydrogens (tertiary/aromatic N) is 2. The lowest BCUT2D eigenvalue weighted by Gasteiger charge is -2.23. The van der Waals surface area contributed by atoms with Crippen LogP contribution in [0, 0.1) is 19.8 Å². The van der Waals surface area contributed by atoms with Crippen molar-refractivity contribution in [2.75, 3.05) is 6.61 Å². The fourth-order valence-electron chi connectivity index (χ4n) is 4.53. The van der Waals surface area contributed by atoms with Crippen LogP contribution in [0.5, 0.6) is 0 Å². The number of hydrogen-bond acceptors (Lipinski definition) is 5. The van der Waals surface area contributed by atoms with Crippen LogP contribution >= 0.6 is 0 Å². The zero-order valence-corrected chi connectivity index (χ0v) is 18.0. The lowest BCUT2D eigenvalue weighted by Crippen LogP contribution is -2.43. The van der Waals surface area contributed by atoms with Crippen LogP contribution in [-0.2, 0) is 13.1 Å². The summed E-state index contributed by atoms with van der Waals surface area (Å²) in [6, 6.07) is 3.83. The van der Waals surface area contributed by atoms with Crippen LogP contribution in [-0.4, -0.2) is 43.3 Å². The Bertz CT molecular complexity index is 988. The number of rotatable bonds is 8. The molecule has 0 amide bonds. The fraction of sp³-hybridized carbons (Fsp3) is 0.652. The largest absolute Gasteiger partial charge is 0.394 e. The first-order valence-corrected chi connectivity index (χ1v) is 11.0. The number of aliphatic hydroxyl groups excluding tert-OH is 3. The molecule has 3 rings (SSSR count). The average Bonchev–Trinajstić information content (AvgIpc) is 2.73. The summed E-state index contributed by atoms with van der Waals surface area (Å²) in [5.74, 6) is 0.594. The van der Waals surface area contributed by atoms with Crippen molar-refractivity contribution in [1.29, 1.82) is 0 Å². The molecule has 1 aromatic heterocycles. The van der Waals surface area contributed by atoms with Gasteiger partial charge in [0.2, 0.25) is 0 Å². The molecular weight excluding hydrogens is 384 g/mol. The minimum Gasteiger partial charge on any atom is -0.394 e. The van der Waals surface area contributed by atoms with Crippen LogP contribution < -0.4 is 11.1 Å². The highest BCUT2D eigenvalue weighted by Crippen LogP contribution is 2.27. The standard InChI is InChI=1S/C23H34N2O5/c1-15-10-20-21(11-16(15)2)25(13-18(27)12-19(28)14-26)23(30)22(29)24(20)9-8-17-6-4-3-5-7-17/h10-11,17-19,26-28H,3-9,12-14H2,1-2H3. The molecule has 0 radical (unpaired) electrons. The molecule has 1 aromatic carbocycles. The normalized spacial score (nSPS) is 17.4. The second-order valence-corrected chi connectivity index (χ2v) is 8.82. The van der Waals surface area contributed by atoms with Crippen LogP contribution in [0.2, 0.25) is 0 Å². The van der Waals surface area contributed by atoms with Gasteiger partial charge >= 0.3 is 11.1 Å². The van der Waals surface area contributed by atoms with Crippen molar-refractivity contribution in [2.45, 2.75) is 84.1 Å². The van der Waals surface area contributed by atoms with E-state index in [2.05, 4.69) is 0 Å². The molecule has 0 spiro atoms. The molecule has 7 nitrogen and oxygen atoms in total. The van der Waals surface area contributed by atoms with E-state index in [1.807, 2.05) is 26.0 Å². The van der Waals surface area contributed by atoms with E-state index in [0.29, 0.717) is 23.5 Å². The molecule has 1 aliphatic rings. The van der Waals surface area contributed by atoms with Gasteiger partial charge in [0, 0.05) is 13.0 Å². The molecule has 2 unspecified atom stereocenters. The van der Waals surface area contributed by atoms with Gasteiger partial charge in [-0.3, -0.25) is 14.2 Å². The third kappa shape index (κ3) is 5.02. The van der Waals surface area contributed by atoms with Crippen molar-refractivity contribution >= 4 is 11.0 Å². The quantitative estimate of drug-likeness (QED) is 0.568. The number of benzene rings is 1. The molecule has 7 heteroatoms. The summed E-state index contributed by atoms with van der Waals surface area (Å²) in [6.45, 7) is 3.88. The first-order valence-electron chi connectivity index (χ1n) is 11.0. The van der Waals surface area contributed by atoms with Gasteiger partial charge in [0.15, 0.2) is 0 Å². The molecule has 3 N–H and O–H groups in total. The highest BCUT2D eigenvalue weighted by Gasteiger charge is 2.20. The Morgan fingerprint density at radius 2 is 1.50 bits per heavy atom. The maximum Gasteiger partial charge on any atom is 0.317 e. The molecule has 1 fully saturated rings. The van der Waals surface area contributed by atoms with Gasteiger partial charge < -0.3 is 19.9 Å². The van der Waals surface area contributed by atoms with Gasteiger partial charge in [0.05, 0.1) is 36.4 Å². The Labute approximate surface area is 176 Å². The van der Waals surface area contributed by atoms with Crippen LogP contribution in [0.1, 0.15) is 56.1 Å². The second-order valence-electron chi connectivity index (χ2n) is 8.82. The molecule has 0 bridgehead atoms. The minimum atomic E-state index is -1.07. The number of aliphatic hydroxyl groups is 3. The lowest BCUT2D eigenvalue weighted by molar-refractivity contribution is 0.0358. The van der Waals surface area contributed by atoms with Crippen LogP contribution in [0.4, 0.5) is 0 Å². The molecule has 0 aliphatic heterocycles. The summed E-state index contributed by atoms with van der Waals surface area (Å²) in [5, 5.41) is 28.9. The molecular formula is C23H34N2O5. The van der Waals surface area contributed by atoms with E-state index in [9.17, 15) is 19.8 Å². The summed E-state index contributed by atoms with van der Waals surface area (Å²) in [5.41, 5.74) is 2.12. The van der Waals surface area contributed by atoms with Crippen LogP contribution in [0.25, 0.3) is 11.0 Å². The Kier molecular flexibility index (Phi) is 7.50. The van der Waals surface area contributed by atoms with Gasteiger partial charge in [-0.1, -0.05) is 32.1 Å². The van der Waals surface area contributed by atoms with Crippen molar-refractivity contribution in [3.05, 3.63) is 44.0 Å². The summed E-state index contributed by atoms with van der Waals surface area (Å²) in [7, 11) is 0. The molecule has 166 valence electrons. The summed E-state index contributed by atoms with van der Waals surface area (Å²) >= 11 is 0. The predicted octanol–water partition coefficient (Wildman–Crippen LogP) is 1.85. The van der Waals surface area contributed by atoms with Gasteiger partial charge in [-0.25, -0.2) is 0 Å². The number of fused-ring (bicyclic) bond motifs is 1. The van der Waals surface area contributed by atoms with Gasteiger partial charge in [0.1, 0.15) is 0 Å². The fourth-order valence-corrected chi connectivity index (χ4v) is 4.53. The highest BCUT2D eigenvalue weighted by atomic mass is 16.3. The zero-order valence-electron chi connectivity index (χ0n) is 18.0. The zero-order chi connectivity index (χ0) is 21.8. The maximum atomic E-state index is 13.0. The minimum absolute atomic E-state index is 0.0694. The molecule has 2 aromatic rings. The molecule has 0 saturated heterocycles. The maximum absolute atomic E-state index is 13.0. The second kappa shape index (κ2) is 9.90. The third-order valence-corrected chi connectivity index (χ3v) is 6.48. The predicted molar refractivity (Wildman–Crippen MR) is 117 cm³/mol. The first-order chi connectivity index (χ1) is 14.3. The van der Waals surface area contributed by atoms with Crippen molar-refractivity contribution < 1.29 is 15.3 Å². The van der Waals surface area contributed by atoms with Gasteiger partial charge in [-0.2, -0.15) is 0 Å². The smallest absolute Gasteiger partial charge is 0.317 e. The molecule has 1 saturated carbocycles. The van der Waals surface area contributed by atoms with Gasteiger partial charge in [0.25, 0.3) is 0 Å². The van der Waals surface area contributed by atoms with E-state index in [1.165, 1.54) is 36.7 Å². The Morgan fingerprint density at radius 3 is 2.10 bits per heavy atom. The number of hydrogen-bond donors (Lipinski definition) is 3. The van der Waals surface area contributed by atoms with Crippen molar-refractivity contribution in [2.24, 2.45) is 5.92 Å². The molecule has 1 heterocycles. The summed E-state index contributed by atoms with van der Waals surface area (Å²) in [4.78, 5) is 25.9. The number of aryl methyl sites for hydroxylation is 3. The Balaban J connectivity index is 2.01. The van der Waals surface area contributed by atoms with Gasteiger partial charge in [-0.15, -0.1) is 0 Å². The number of aromatic nitrogens is 2. The van der Waals surface area contributed by atoms with E-state index in [0.717, 1.165) is 17.5 Å². The Morgan fingerprint density at radius 1 is 0.933 bits per heavy atom. The third-order valence-electron chi connectivity index (χ3n) is 6.48.